The number of aromatic hydroxyl groups is 2. The Morgan fingerprint density at radius 3 is 1.55 bits per heavy atom. The van der Waals surface area contributed by atoms with E-state index in [-0.39, 0.29) is 28.2 Å². The fraction of sp³-hybridized carbons (Fsp3) is 0.393. The molecule has 31 heavy (non-hydrogen) atoms. The SMILES string of the molecule is Cc1cc(C(c2cccnc2)c2cc(C)cc(C(C)(C)C)c2O)c(O)c(C(C)(C)C)c1. The van der Waals surface area contributed by atoms with Gasteiger partial charge in [0.1, 0.15) is 11.5 Å². The number of rotatable bonds is 3. The van der Waals surface area contributed by atoms with E-state index in [2.05, 4.69) is 72.5 Å². The quantitative estimate of drug-likeness (QED) is 0.488. The number of aryl methyl sites for hydroxylation is 2. The molecule has 0 saturated carbocycles. The summed E-state index contributed by atoms with van der Waals surface area (Å²) in [4.78, 5) is 4.34. The minimum absolute atomic E-state index is 0.213. The summed E-state index contributed by atoms with van der Waals surface area (Å²) in [5, 5.41) is 22.9. The number of pyridine rings is 1. The predicted molar refractivity (Wildman–Crippen MR) is 128 cm³/mol. The fourth-order valence-corrected chi connectivity index (χ4v) is 4.27. The van der Waals surface area contributed by atoms with Crippen LogP contribution in [0.1, 0.15) is 86.4 Å². The molecule has 0 atom stereocenters. The summed E-state index contributed by atoms with van der Waals surface area (Å²) >= 11 is 0. The van der Waals surface area contributed by atoms with Crippen molar-refractivity contribution < 1.29 is 10.2 Å². The Kier molecular flexibility index (Phi) is 5.92. The van der Waals surface area contributed by atoms with Gasteiger partial charge in [-0.2, -0.15) is 0 Å². The second kappa shape index (κ2) is 8.03. The lowest BCUT2D eigenvalue weighted by Crippen LogP contribution is -2.16. The van der Waals surface area contributed by atoms with Crippen LogP contribution >= 0.6 is 0 Å². The van der Waals surface area contributed by atoms with Crippen molar-refractivity contribution in [3.8, 4) is 11.5 Å². The van der Waals surface area contributed by atoms with Gasteiger partial charge in [0.2, 0.25) is 0 Å². The maximum Gasteiger partial charge on any atom is 0.123 e. The average molecular weight is 418 g/mol. The van der Waals surface area contributed by atoms with E-state index in [1.165, 1.54) is 0 Å². The van der Waals surface area contributed by atoms with Crippen LogP contribution in [-0.2, 0) is 10.8 Å². The molecule has 0 aliphatic rings. The lowest BCUT2D eigenvalue weighted by Gasteiger charge is -2.29. The van der Waals surface area contributed by atoms with Crippen molar-refractivity contribution in [2.45, 2.75) is 72.1 Å². The highest BCUT2D eigenvalue weighted by Crippen LogP contribution is 2.46. The topological polar surface area (TPSA) is 53.4 Å². The third-order valence-corrected chi connectivity index (χ3v) is 5.82. The Bertz CT molecular complexity index is 1020. The number of aromatic nitrogens is 1. The lowest BCUT2D eigenvalue weighted by molar-refractivity contribution is 0.431. The van der Waals surface area contributed by atoms with Crippen LogP contribution in [0.15, 0.2) is 48.8 Å². The molecule has 1 heterocycles. The van der Waals surface area contributed by atoms with E-state index in [1.54, 1.807) is 6.20 Å². The van der Waals surface area contributed by atoms with Crippen LogP contribution in [0.5, 0.6) is 11.5 Å². The summed E-state index contributed by atoms with van der Waals surface area (Å²) in [6.45, 7) is 16.7. The molecule has 3 nitrogen and oxygen atoms in total. The largest absolute Gasteiger partial charge is 0.507 e. The van der Waals surface area contributed by atoms with Crippen molar-refractivity contribution in [1.82, 2.24) is 4.98 Å². The van der Waals surface area contributed by atoms with Crippen molar-refractivity contribution in [3.63, 3.8) is 0 Å². The molecule has 0 aliphatic carbocycles. The molecule has 0 radical (unpaired) electrons. The number of hydrogen-bond donors (Lipinski definition) is 2. The van der Waals surface area contributed by atoms with Gasteiger partial charge in [-0.05, 0) is 47.4 Å². The zero-order valence-corrected chi connectivity index (χ0v) is 20.0. The van der Waals surface area contributed by atoms with E-state index in [4.69, 9.17) is 0 Å². The van der Waals surface area contributed by atoms with E-state index in [9.17, 15) is 10.2 Å². The molecule has 0 aliphatic heterocycles. The van der Waals surface area contributed by atoms with Gasteiger partial charge < -0.3 is 10.2 Å². The standard InChI is InChI=1S/C28H35NO2/c1-17-12-20(25(30)22(14-17)27(3,4)5)24(19-10-9-11-29-16-19)21-13-18(2)15-23(26(21)31)28(6,7)8/h9-16,24,30-31H,1-8H3. The normalized spacial score (nSPS) is 12.4. The molecule has 0 fully saturated rings. The van der Waals surface area contributed by atoms with Crippen molar-refractivity contribution in [2.24, 2.45) is 0 Å². The highest BCUT2D eigenvalue weighted by atomic mass is 16.3. The van der Waals surface area contributed by atoms with Crippen LogP contribution in [0.25, 0.3) is 0 Å². The molecule has 164 valence electrons. The Balaban J connectivity index is 2.40. The van der Waals surface area contributed by atoms with Crippen LogP contribution in [0.4, 0.5) is 0 Å². The van der Waals surface area contributed by atoms with E-state index < -0.39 is 0 Å². The summed E-state index contributed by atoms with van der Waals surface area (Å²) in [6.07, 6.45) is 3.57. The van der Waals surface area contributed by atoms with E-state index >= 15 is 0 Å². The minimum atomic E-state index is -0.337. The first-order valence-corrected chi connectivity index (χ1v) is 10.9. The van der Waals surface area contributed by atoms with E-state index in [1.807, 2.05) is 30.5 Å². The van der Waals surface area contributed by atoms with Crippen LogP contribution in [0.2, 0.25) is 0 Å². The molecule has 3 rings (SSSR count). The van der Waals surface area contributed by atoms with Gasteiger partial charge in [-0.1, -0.05) is 83.0 Å². The molecule has 0 unspecified atom stereocenters. The molecular formula is C28H35NO2. The van der Waals surface area contributed by atoms with Gasteiger partial charge >= 0.3 is 0 Å². The molecule has 0 spiro atoms. The first kappa shape index (κ1) is 22.9. The monoisotopic (exact) mass is 417 g/mol. The van der Waals surface area contributed by atoms with Crippen molar-refractivity contribution in [3.05, 3.63) is 87.7 Å². The number of benzene rings is 2. The van der Waals surface area contributed by atoms with Crippen LogP contribution in [-0.4, -0.2) is 15.2 Å². The van der Waals surface area contributed by atoms with Gasteiger partial charge in [-0.3, -0.25) is 4.98 Å². The van der Waals surface area contributed by atoms with Gasteiger partial charge in [0.05, 0.1) is 0 Å². The Hall–Kier alpha value is -2.81. The molecule has 0 saturated heterocycles. The third kappa shape index (κ3) is 4.61. The predicted octanol–water partition coefficient (Wildman–Crippen LogP) is 6.88. The second-order valence-corrected chi connectivity index (χ2v) is 10.7. The fourth-order valence-electron chi connectivity index (χ4n) is 4.27. The highest BCUT2D eigenvalue weighted by Gasteiger charge is 2.30. The van der Waals surface area contributed by atoms with Gasteiger partial charge in [0.25, 0.3) is 0 Å². The Labute approximate surface area is 186 Å². The maximum absolute atomic E-state index is 11.4. The van der Waals surface area contributed by atoms with Crippen molar-refractivity contribution in [2.75, 3.05) is 0 Å². The molecule has 3 heteroatoms. The molecular weight excluding hydrogens is 382 g/mol. The number of hydrogen-bond acceptors (Lipinski definition) is 3. The zero-order chi connectivity index (χ0) is 23.1. The Morgan fingerprint density at radius 2 is 1.19 bits per heavy atom. The molecule has 2 aromatic carbocycles. The number of nitrogens with zero attached hydrogens (tertiary/aromatic N) is 1. The first-order chi connectivity index (χ1) is 14.3. The molecule has 3 aromatic rings. The van der Waals surface area contributed by atoms with Gasteiger partial charge in [-0.25, -0.2) is 0 Å². The first-order valence-electron chi connectivity index (χ1n) is 10.9. The van der Waals surface area contributed by atoms with Crippen LogP contribution in [0, 0.1) is 13.8 Å². The zero-order valence-electron chi connectivity index (χ0n) is 20.0. The van der Waals surface area contributed by atoms with E-state index in [0.29, 0.717) is 0 Å². The molecule has 2 N–H and O–H groups in total. The second-order valence-electron chi connectivity index (χ2n) is 10.7. The summed E-state index contributed by atoms with van der Waals surface area (Å²) in [5.41, 5.74) is 6.05. The minimum Gasteiger partial charge on any atom is -0.507 e. The third-order valence-electron chi connectivity index (χ3n) is 5.82. The molecule has 0 bridgehead atoms. The van der Waals surface area contributed by atoms with Gasteiger partial charge in [0, 0.05) is 29.4 Å². The Morgan fingerprint density at radius 1 is 0.742 bits per heavy atom. The molecule has 0 amide bonds. The summed E-state index contributed by atoms with van der Waals surface area (Å²) in [6, 6.07) is 12.1. The van der Waals surface area contributed by atoms with Gasteiger partial charge in [0.15, 0.2) is 0 Å². The number of phenols is 2. The van der Waals surface area contributed by atoms with Crippen LogP contribution < -0.4 is 0 Å². The average Bonchev–Trinajstić information content (AvgIpc) is 2.66. The number of phenolic OH excluding ortho intramolecular Hbond substituents is 2. The smallest absolute Gasteiger partial charge is 0.123 e. The van der Waals surface area contributed by atoms with E-state index in [0.717, 1.165) is 38.9 Å². The summed E-state index contributed by atoms with van der Waals surface area (Å²) in [5.74, 6) is 0.228. The lowest BCUT2D eigenvalue weighted by atomic mass is 9.76. The van der Waals surface area contributed by atoms with Gasteiger partial charge in [-0.15, -0.1) is 0 Å². The van der Waals surface area contributed by atoms with Crippen molar-refractivity contribution >= 4 is 0 Å². The van der Waals surface area contributed by atoms with Crippen LogP contribution in [0.3, 0.4) is 0 Å². The summed E-state index contributed by atoms with van der Waals surface area (Å²) < 4.78 is 0. The van der Waals surface area contributed by atoms with Crippen molar-refractivity contribution in [1.29, 1.82) is 0 Å². The molecule has 1 aromatic heterocycles. The maximum atomic E-state index is 11.4. The summed E-state index contributed by atoms with van der Waals surface area (Å²) in [7, 11) is 0. The highest BCUT2D eigenvalue weighted by molar-refractivity contribution is 5.59.